The molecular weight excluding hydrogens is 2000 g/mol. The molecule has 8 fully saturated rings. The van der Waals surface area contributed by atoms with E-state index in [1.807, 2.05) is 0 Å². The summed E-state index contributed by atoms with van der Waals surface area (Å²) in [6.07, 6.45) is -27.7. The maximum Gasteiger partial charge on any atom is 0.181 e. The van der Waals surface area contributed by atoms with Crippen LogP contribution in [-0.2, 0) is 174 Å². The highest BCUT2D eigenvalue weighted by Gasteiger charge is 2.61. The van der Waals surface area contributed by atoms with Crippen molar-refractivity contribution >= 4 is 0 Å². The number of rotatable bonds is 60. The van der Waals surface area contributed by atoms with Gasteiger partial charge in [0.25, 0.3) is 0 Å². The molecule has 16 rings (SSSR count). The van der Waals surface area contributed by atoms with Gasteiger partial charge in [0.1, 0.15) is 216 Å². The summed E-state index contributed by atoms with van der Waals surface area (Å²) in [6.45, 7) is 6.61. The topological polar surface area (TPSA) is 835 Å². The summed E-state index contributed by atoms with van der Waals surface area (Å²) in [5.41, 5.74) is 1.19. The van der Waals surface area contributed by atoms with Crippen molar-refractivity contribution in [2.45, 2.75) is 353 Å². The lowest BCUT2D eigenvalue weighted by molar-refractivity contribution is -0.200. The predicted octanol–water partition coefficient (Wildman–Crippen LogP) is -12.1. The van der Waals surface area contributed by atoms with Crippen LogP contribution in [0.2, 0.25) is 0 Å². The first-order chi connectivity index (χ1) is 71.0. The summed E-state index contributed by atoms with van der Waals surface area (Å²) in [5, 5.41) is 269. The van der Waals surface area contributed by atoms with Crippen LogP contribution < -0.4 is 0 Å². The summed E-state index contributed by atoms with van der Waals surface area (Å²) in [5.74, 6) is -4.38. The minimum Gasteiger partial charge on any atom is -0.394 e. The van der Waals surface area contributed by atoms with Crippen LogP contribution in [0.4, 0.5) is 0 Å². The average Bonchev–Trinajstić information content (AvgIpc) is 1.61. The van der Waals surface area contributed by atoms with Crippen molar-refractivity contribution in [1.29, 1.82) is 0 Å². The van der Waals surface area contributed by atoms with Gasteiger partial charge in [0.15, 0.2) is 48.1 Å². The Labute approximate surface area is 846 Å². The van der Waals surface area contributed by atoms with E-state index >= 15 is 0 Å². The molecule has 832 valence electrons. The number of aliphatic hydroxyl groups excluding tert-OH is 20. The Balaban J connectivity index is 0.637. The second kappa shape index (κ2) is 49.1. The van der Waals surface area contributed by atoms with Crippen molar-refractivity contribution in [3.63, 3.8) is 0 Å². The van der Waals surface area contributed by atoms with Gasteiger partial charge in [-0.2, -0.15) is 0 Å². The van der Waals surface area contributed by atoms with Crippen LogP contribution in [0.25, 0.3) is 0 Å². The van der Waals surface area contributed by atoms with Gasteiger partial charge in [0.05, 0.1) is 213 Å². The third kappa shape index (κ3) is 27.9. The van der Waals surface area contributed by atoms with Crippen LogP contribution in [0.5, 0.6) is 0 Å². The highest BCUT2D eigenvalue weighted by atomic mass is 16.8. The van der Waals surface area contributed by atoms with Gasteiger partial charge < -0.3 is 197 Å². The number of ether oxygens (including phenoxy) is 20. The minimum absolute atomic E-state index is 0.0824. The molecule has 64 heteroatoms. The zero-order valence-electron chi connectivity index (χ0n) is 82.4. The first-order valence-electron chi connectivity index (χ1n) is 48.2. The van der Waals surface area contributed by atoms with Crippen molar-refractivity contribution in [2.75, 3.05) is 79.3 Å². The molecular formula is C85H132N24O40. The molecule has 32 atom stereocenters. The van der Waals surface area contributed by atoms with Gasteiger partial charge >= 0.3 is 0 Å². The molecule has 0 saturated carbocycles. The molecule has 0 bridgehead atoms. The third-order valence-electron chi connectivity index (χ3n) is 25.7. The van der Waals surface area contributed by atoms with E-state index in [0.29, 0.717) is 45.6 Å². The lowest BCUT2D eigenvalue weighted by Crippen LogP contribution is -2.47. The zero-order chi connectivity index (χ0) is 106. The molecule has 0 aliphatic carbocycles. The molecule has 0 aromatic carbocycles. The van der Waals surface area contributed by atoms with Gasteiger partial charge in [0, 0.05) is 0 Å². The van der Waals surface area contributed by atoms with E-state index in [2.05, 4.69) is 82.5 Å². The van der Waals surface area contributed by atoms with Crippen molar-refractivity contribution in [3.05, 3.63) is 95.1 Å². The van der Waals surface area contributed by atoms with Gasteiger partial charge in [-0.25, -0.2) is 37.5 Å². The molecule has 8 aliphatic rings. The Bertz CT molecular complexity index is 4810. The van der Waals surface area contributed by atoms with E-state index in [1.165, 1.54) is 37.5 Å². The monoisotopic (exact) mass is 2130 g/mol. The summed E-state index contributed by atoms with van der Waals surface area (Å²) >= 11 is 0. The third-order valence-corrected chi connectivity index (χ3v) is 25.7. The van der Waals surface area contributed by atoms with Crippen molar-refractivity contribution in [2.24, 2.45) is 5.41 Å². The SMILES string of the molecule is CC1(C)O[C@@H]2[C@H](O1)[C@@H](Cn1cc(COC[C@@H](O)[C@H](O)[C@H](O)[C@@H](O)CO)nn1)O[C@H]2n1cc(COCC(COCc2cn([C@@H]3O[C@H](Cn4cc(COC[C@@H](O)[C@H](O)[C@H](O)[C@@H](O)CO)nn4)[C@H]4OC(C)(C)O[C@H]43)nn2)(COCc2cn([C@@H]3O[C@H](Cn4cc(COC[C@H](O)[C@@H](O)[C@@H](O)[C@H](O)CO)nn4)[C@H]4OC(C)(C)O[C@H]43)nn2)COCc2cn([C@@H]3O[C@H](Cn4cc(COC[C@H](O)[C@@H](O)[C@@H](O)[C@H](O)CO)nn4)[C@H]4OC(C)(C)O[C@H]43)nn2)nn1. The maximum absolute atomic E-state index is 10.4. The first kappa shape index (κ1) is 113. The first-order valence-corrected chi connectivity index (χ1v) is 48.2. The number of aliphatic hydroxyl groups is 20. The Kier molecular flexibility index (Phi) is 37.3. The predicted molar refractivity (Wildman–Crippen MR) is 475 cm³/mol. The Hall–Kier alpha value is -8.48. The largest absolute Gasteiger partial charge is 0.394 e. The van der Waals surface area contributed by atoms with E-state index < -0.39 is 277 Å². The summed E-state index contributed by atoms with van der Waals surface area (Å²) in [7, 11) is 0. The lowest BCUT2D eigenvalue weighted by Gasteiger charge is -2.32. The van der Waals surface area contributed by atoms with Crippen molar-refractivity contribution in [3.8, 4) is 0 Å². The van der Waals surface area contributed by atoms with E-state index in [9.17, 15) is 102 Å². The van der Waals surface area contributed by atoms with Crippen LogP contribution in [0.1, 0.15) is 126 Å². The van der Waals surface area contributed by atoms with Gasteiger partial charge in [-0.3, -0.25) is 0 Å². The summed E-state index contributed by atoms with van der Waals surface area (Å²) in [6, 6.07) is 0. The molecule has 8 aromatic heterocycles. The molecule has 8 saturated heterocycles. The molecule has 64 nitrogen and oxygen atoms in total. The second-order valence-corrected chi connectivity index (χ2v) is 39.7. The molecule has 8 aromatic rings. The number of hydrogen-bond acceptors (Lipinski definition) is 56. The van der Waals surface area contributed by atoms with E-state index in [-0.39, 0.29) is 105 Å². The highest BCUT2D eigenvalue weighted by Crippen LogP contribution is 2.48. The molecule has 0 radical (unpaired) electrons. The molecule has 149 heavy (non-hydrogen) atoms. The summed E-state index contributed by atoms with van der Waals surface area (Å²) < 4.78 is 139. The van der Waals surface area contributed by atoms with Gasteiger partial charge in [-0.05, 0) is 55.4 Å². The van der Waals surface area contributed by atoms with E-state index in [1.54, 1.807) is 105 Å². The Morgan fingerprint density at radius 2 is 0.423 bits per heavy atom. The Morgan fingerprint density at radius 3 is 0.624 bits per heavy atom. The van der Waals surface area contributed by atoms with Crippen LogP contribution in [-0.4, -0.2) is 495 Å². The molecule has 20 N–H and O–H groups in total. The molecule has 8 aliphatic heterocycles. The fourth-order valence-corrected chi connectivity index (χ4v) is 18.3. The number of aromatic nitrogens is 24. The van der Waals surface area contributed by atoms with Crippen LogP contribution in [0.3, 0.4) is 0 Å². The van der Waals surface area contributed by atoms with Crippen LogP contribution >= 0.6 is 0 Å². The molecule has 0 unspecified atom stereocenters. The summed E-state index contributed by atoms with van der Waals surface area (Å²) in [4.78, 5) is 0. The minimum atomic E-state index is -1.85. The second-order valence-electron chi connectivity index (χ2n) is 39.7. The fourth-order valence-electron chi connectivity index (χ4n) is 18.3. The zero-order valence-corrected chi connectivity index (χ0v) is 82.4. The fraction of sp³-hybridized carbons (Fsp3) is 0.812. The van der Waals surface area contributed by atoms with Crippen LogP contribution in [0, 0.1) is 5.41 Å². The van der Waals surface area contributed by atoms with E-state index in [4.69, 9.17) is 94.7 Å². The van der Waals surface area contributed by atoms with Crippen molar-refractivity contribution in [1.82, 2.24) is 120 Å². The number of fused-ring (bicyclic) bond motifs is 4. The quantitative estimate of drug-likeness (QED) is 0.0168. The Morgan fingerprint density at radius 1 is 0.248 bits per heavy atom. The van der Waals surface area contributed by atoms with Gasteiger partial charge in [0.2, 0.25) is 0 Å². The normalized spacial score (nSPS) is 28.6. The van der Waals surface area contributed by atoms with Crippen LogP contribution in [0.15, 0.2) is 49.6 Å². The average molecular weight is 2130 g/mol. The van der Waals surface area contributed by atoms with E-state index in [0.717, 1.165) is 0 Å². The maximum atomic E-state index is 10.4. The number of hydrogen-bond donors (Lipinski definition) is 20. The van der Waals surface area contributed by atoms with Crippen molar-refractivity contribution < 1.29 is 197 Å². The molecule has 16 heterocycles. The standard InChI is InChI=1S/C85H132N24O40/c1-81(2)142-69-57(17-102-9-41(86-94-102)25-130-33-53(118)65(126)61(122)49(114)21-110)138-77(73(69)146-81)106-13-45(90-98-106)29-134-37-85(38-135-30-46-14-107(99-91-46)78-74-70(143-82(3,4)147-74)58(139-78)18-103-10-42(87-95-103)26-131-34-54(119)66(127)62(123)50(115)22-111,39-136-31-47-15-108(100-92-47)79-75-71(144-83(5,6)148-75)59(140-79)19-104-11-43(88-96-104)27-132-35-55(120)67(128)63(124)51(116)23-112)40-137-32-48-16-109(101-93-48)80-76-72(145-84(7,8)149-76)60(141-80)20-105-12-44(89-97-105)28-133-36-56(121)68(129)64(125)52(117)24-113/h9-16,49-80,110-129H,17-40H2,1-8H3/t49-,50-,51+,52+,53+,54+,55-,56-,57-,58-,59-,60-,61+,62+,63-,64-,65-,66-,67+,68+,69-,70-,71-,72-,73-,74-,75-,76-,77-,78-,79-,80-/m1/s1. The van der Waals surface area contributed by atoms with Gasteiger partial charge in [-0.1, -0.05) is 41.7 Å². The smallest absolute Gasteiger partial charge is 0.181 e. The molecule has 0 amide bonds. The number of nitrogens with zero attached hydrogens (tertiary/aromatic N) is 24. The molecule has 0 spiro atoms. The lowest BCUT2D eigenvalue weighted by atomic mass is 9.92. The van der Waals surface area contributed by atoms with Gasteiger partial charge in [-0.15, -0.1) is 40.8 Å². The highest BCUT2D eigenvalue weighted by molar-refractivity contribution is 5.08.